The molecule has 2 aliphatic heterocycles. The van der Waals surface area contributed by atoms with Gasteiger partial charge in [-0.2, -0.15) is 0 Å². The molecule has 0 aliphatic carbocycles. The van der Waals surface area contributed by atoms with Crippen molar-refractivity contribution < 1.29 is 5.11 Å². The van der Waals surface area contributed by atoms with Crippen molar-refractivity contribution in [1.82, 2.24) is 9.47 Å². The lowest BCUT2D eigenvalue weighted by Gasteiger charge is -2.31. The van der Waals surface area contributed by atoms with Gasteiger partial charge in [0.15, 0.2) is 5.75 Å². The Morgan fingerprint density at radius 3 is 3.09 bits per heavy atom. The Bertz CT molecular complexity index is 839. The first kappa shape index (κ1) is 14.1. The summed E-state index contributed by atoms with van der Waals surface area (Å²) in [6.45, 7) is 4.11. The average Bonchev–Trinajstić information content (AvgIpc) is 2.57. The van der Waals surface area contributed by atoms with Gasteiger partial charge in [0.1, 0.15) is 0 Å². The molecule has 0 radical (unpaired) electrons. The number of rotatable bonds is 2. The Kier molecular flexibility index (Phi) is 3.42. The van der Waals surface area contributed by atoms with Crippen LogP contribution in [0.15, 0.2) is 41.3 Å². The van der Waals surface area contributed by atoms with Crippen LogP contribution in [0.3, 0.4) is 0 Å². The fraction of sp³-hybridized carbons (Fsp3) is 0.278. The lowest BCUT2D eigenvalue weighted by atomic mass is 10.0. The van der Waals surface area contributed by atoms with E-state index in [1.165, 1.54) is 16.8 Å². The summed E-state index contributed by atoms with van der Waals surface area (Å²) in [7, 11) is 0. The van der Waals surface area contributed by atoms with E-state index < -0.39 is 0 Å². The third-order valence-corrected chi connectivity index (χ3v) is 4.51. The molecule has 2 aromatic rings. The maximum absolute atomic E-state index is 11.6. The quantitative estimate of drug-likeness (QED) is 0.891. The summed E-state index contributed by atoms with van der Waals surface area (Å²) in [6, 6.07) is 7.91. The predicted molar refractivity (Wildman–Crippen MR) is 90.4 cm³/mol. The van der Waals surface area contributed by atoms with Gasteiger partial charge in [0, 0.05) is 50.2 Å². The number of para-hydroxylation sites is 1. The van der Waals surface area contributed by atoms with Crippen molar-refractivity contribution in [3.05, 3.63) is 63.6 Å². The number of aromatic hydroxyl groups is 1. The van der Waals surface area contributed by atoms with Crippen LogP contribution < -0.4 is 10.7 Å². The molecule has 2 N–H and O–H groups in total. The van der Waals surface area contributed by atoms with Crippen LogP contribution in [0.1, 0.15) is 16.8 Å². The van der Waals surface area contributed by atoms with Crippen LogP contribution in [-0.2, 0) is 19.6 Å². The van der Waals surface area contributed by atoms with E-state index in [9.17, 15) is 9.90 Å². The van der Waals surface area contributed by atoms with E-state index in [4.69, 9.17) is 0 Å². The summed E-state index contributed by atoms with van der Waals surface area (Å²) in [6.07, 6.45) is 5.83. The van der Waals surface area contributed by atoms with Crippen molar-refractivity contribution in [1.29, 1.82) is 0 Å². The number of aromatic nitrogens is 1. The second-order valence-electron chi connectivity index (χ2n) is 6.08. The second-order valence-corrected chi connectivity index (χ2v) is 6.08. The summed E-state index contributed by atoms with van der Waals surface area (Å²) in [4.78, 5) is 14.0. The molecule has 5 heteroatoms. The molecule has 1 aromatic heterocycles. The van der Waals surface area contributed by atoms with Gasteiger partial charge >= 0.3 is 0 Å². The molecule has 4 rings (SSSR count). The molecule has 23 heavy (non-hydrogen) atoms. The predicted octanol–water partition coefficient (Wildman–Crippen LogP) is 2.01. The first-order valence-corrected chi connectivity index (χ1v) is 7.88. The number of anilines is 1. The first-order valence-electron chi connectivity index (χ1n) is 7.88. The number of benzene rings is 1. The number of pyridine rings is 1. The largest absolute Gasteiger partial charge is 0.503 e. The molecule has 0 bridgehead atoms. The van der Waals surface area contributed by atoms with Crippen LogP contribution in [0.2, 0.25) is 0 Å². The monoisotopic (exact) mass is 309 g/mol. The molecule has 0 unspecified atom stereocenters. The Morgan fingerprint density at radius 2 is 2.17 bits per heavy atom. The van der Waals surface area contributed by atoms with Gasteiger partial charge in [0.25, 0.3) is 0 Å². The van der Waals surface area contributed by atoms with Crippen molar-refractivity contribution in [2.45, 2.75) is 19.6 Å². The van der Waals surface area contributed by atoms with Crippen molar-refractivity contribution in [3.8, 4) is 5.75 Å². The molecule has 0 amide bonds. The van der Waals surface area contributed by atoms with E-state index in [1.54, 1.807) is 12.3 Å². The summed E-state index contributed by atoms with van der Waals surface area (Å²) < 4.78 is 1.97. The van der Waals surface area contributed by atoms with Gasteiger partial charge in [-0.25, -0.2) is 0 Å². The van der Waals surface area contributed by atoms with Crippen LogP contribution >= 0.6 is 0 Å². The van der Waals surface area contributed by atoms with E-state index in [2.05, 4.69) is 40.6 Å². The highest BCUT2D eigenvalue weighted by atomic mass is 16.3. The molecule has 118 valence electrons. The molecular formula is C18H19N3O2. The van der Waals surface area contributed by atoms with Gasteiger partial charge in [-0.3, -0.25) is 9.69 Å². The molecule has 0 saturated carbocycles. The highest BCUT2D eigenvalue weighted by Gasteiger charge is 2.19. The van der Waals surface area contributed by atoms with Gasteiger partial charge < -0.3 is 15.0 Å². The van der Waals surface area contributed by atoms with E-state index in [-0.39, 0.29) is 11.2 Å². The summed E-state index contributed by atoms with van der Waals surface area (Å²) in [5, 5.41) is 13.0. The van der Waals surface area contributed by atoms with Gasteiger partial charge in [-0.1, -0.05) is 30.4 Å². The number of nitrogens with one attached hydrogen (secondary N) is 1. The molecule has 3 heterocycles. The SMILES string of the molecule is O=c1cc2n(cc1O)CCN(Cc1cccc3c1NCC=C3)C2. The molecule has 5 nitrogen and oxygen atoms in total. The first-order chi connectivity index (χ1) is 11.2. The molecule has 2 aliphatic rings. The number of nitrogens with zero attached hydrogens (tertiary/aromatic N) is 2. The Balaban J connectivity index is 1.58. The number of hydrogen-bond donors (Lipinski definition) is 2. The third kappa shape index (κ3) is 2.64. The van der Waals surface area contributed by atoms with Crippen LogP contribution in [-0.4, -0.2) is 27.7 Å². The topological polar surface area (TPSA) is 57.5 Å². The highest BCUT2D eigenvalue weighted by molar-refractivity contribution is 5.72. The third-order valence-electron chi connectivity index (χ3n) is 4.51. The summed E-state index contributed by atoms with van der Waals surface area (Å²) in [5.74, 6) is -0.171. The van der Waals surface area contributed by atoms with Crippen LogP contribution in [0, 0.1) is 0 Å². The van der Waals surface area contributed by atoms with Crippen LogP contribution in [0.5, 0.6) is 5.75 Å². The lowest BCUT2D eigenvalue weighted by Crippen LogP contribution is -2.34. The van der Waals surface area contributed by atoms with Gasteiger partial charge in [0.05, 0.1) is 6.20 Å². The molecule has 1 aromatic carbocycles. The Hall–Kier alpha value is -2.53. The van der Waals surface area contributed by atoms with Gasteiger partial charge in [0.2, 0.25) is 5.43 Å². The minimum absolute atomic E-state index is 0.171. The van der Waals surface area contributed by atoms with Crippen molar-refractivity contribution >= 4 is 11.8 Å². The molecule has 0 fully saturated rings. The lowest BCUT2D eigenvalue weighted by molar-refractivity contribution is 0.210. The van der Waals surface area contributed by atoms with E-state index in [0.717, 1.165) is 38.4 Å². The minimum Gasteiger partial charge on any atom is -0.503 e. The molecule has 0 spiro atoms. The average molecular weight is 309 g/mol. The molecule has 0 atom stereocenters. The smallest absolute Gasteiger partial charge is 0.223 e. The van der Waals surface area contributed by atoms with Crippen LogP contribution in [0.25, 0.3) is 6.08 Å². The summed E-state index contributed by atoms with van der Waals surface area (Å²) >= 11 is 0. The standard InChI is InChI=1S/C18H19N3O2/c22-16-9-15-11-20(7-8-21(15)12-17(16)23)10-14-4-1-3-13-5-2-6-19-18(13)14/h1-5,9,12,19,23H,6-8,10-11H2. The zero-order valence-corrected chi connectivity index (χ0v) is 12.8. The highest BCUT2D eigenvalue weighted by Crippen LogP contribution is 2.27. The molecular weight excluding hydrogens is 290 g/mol. The van der Waals surface area contributed by atoms with Gasteiger partial charge in [-0.05, 0) is 11.1 Å². The maximum atomic E-state index is 11.6. The van der Waals surface area contributed by atoms with Crippen molar-refractivity contribution in [2.24, 2.45) is 0 Å². The van der Waals surface area contributed by atoms with Crippen LogP contribution in [0.4, 0.5) is 5.69 Å². The fourth-order valence-corrected chi connectivity index (χ4v) is 3.33. The Labute approximate surface area is 134 Å². The molecule has 0 saturated heterocycles. The van der Waals surface area contributed by atoms with Gasteiger partial charge in [-0.15, -0.1) is 0 Å². The fourth-order valence-electron chi connectivity index (χ4n) is 3.33. The maximum Gasteiger partial charge on any atom is 0.223 e. The zero-order valence-electron chi connectivity index (χ0n) is 12.8. The normalized spacial score (nSPS) is 16.5. The number of hydrogen-bond acceptors (Lipinski definition) is 4. The van der Waals surface area contributed by atoms with Crippen molar-refractivity contribution in [3.63, 3.8) is 0 Å². The van der Waals surface area contributed by atoms with E-state index >= 15 is 0 Å². The minimum atomic E-state index is -0.304. The zero-order chi connectivity index (χ0) is 15.8. The van der Waals surface area contributed by atoms with E-state index in [0.29, 0.717) is 0 Å². The Morgan fingerprint density at radius 1 is 1.26 bits per heavy atom. The summed E-state index contributed by atoms with van der Waals surface area (Å²) in [5.41, 5.74) is 4.37. The second kappa shape index (κ2) is 5.59. The van der Waals surface area contributed by atoms with Crippen molar-refractivity contribution in [2.75, 3.05) is 18.4 Å². The van der Waals surface area contributed by atoms with E-state index in [1.807, 2.05) is 4.57 Å². The number of fused-ring (bicyclic) bond motifs is 2.